The second-order valence-corrected chi connectivity index (χ2v) is 5.24. The maximum absolute atomic E-state index is 11.8. The molecule has 2 amide bonds. The lowest BCUT2D eigenvalue weighted by Gasteiger charge is -2.21. The molecule has 1 aliphatic carbocycles. The van der Waals surface area contributed by atoms with Gasteiger partial charge in [0.25, 0.3) is 0 Å². The highest BCUT2D eigenvalue weighted by molar-refractivity contribution is 5.89. The first kappa shape index (κ1) is 13.9. The Kier molecular flexibility index (Phi) is 5.21. The Morgan fingerprint density at radius 1 is 1.16 bits per heavy atom. The van der Waals surface area contributed by atoms with Crippen LogP contribution in [0.25, 0.3) is 0 Å². The van der Waals surface area contributed by atoms with Crippen molar-refractivity contribution in [2.24, 2.45) is 11.7 Å². The van der Waals surface area contributed by atoms with E-state index in [9.17, 15) is 4.79 Å². The summed E-state index contributed by atoms with van der Waals surface area (Å²) in [7, 11) is 0. The van der Waals surface area contributed by atoms with Crippen LogP contribution in [0.5, 0.6) is 0 Å². The van der Waals surface area contributed by atoms with E-state index >= 15 is 0 Å². The predicted molar refractivity (Wildman–Crippen MR) is 77.9 cm³/mol. The van der Waals surface area contributed by atoms with Crippen LogP contribution >= 0.6 is 0 Å². The largest absolute Gasteiger partial charge is 0.338 e. The van der Waals surface area contributed by atoms with E-state index in [1.54, 1.807) is 0 Å². The van der Waals surface area contributed by atoms with Crippen molar-refractivity contribution >= 4 is 11.7 Å². The zero-order chi connectivity index (χ0) is 13.5. The van der Waals surface area contributed by atoms with Gasteiger partial charge >= 0.3 is 6.03 Å². The Hall–Kier alpha value is -1.55. The average Bonchev–Trinajstić information content (AvgIpc) is 2.47. The second-order valence-electron chi connectivity index (χ2n) is 5.24. The Morgan fingerprint density at radius 2 is 1.84 bits per heavy atom. The minimum Gasteiger partial charge on any atom is -0.338 e. The van der Waals surface area contributed by atoms with Gasteiger partial charge in [-0.1, -0.05) is 31.4 Å². The highest BCUT2D eigenvalue weighted by atomic mass is 16.2. The summed E-state index contributed by atoms with van der Waals surface area (Å²) < 4.78 is 0. The van der Waals surface area contributed by atoms with Gasteiger partial charge in [0, 0.05) is 18.8 Å². The molecule has 0 heterocycles. The van der Waals surface area contributed by atoms with Crippen LogP contribution in [-0.4, -0.2) is 12.6 Å². The summed E-state index contributed by atoms with van der Waals surface area (Å²) in [5, 5.41) is 5.80. The number of anilines is 1. The van der Waals surface area contributed by atoms with Crippen LogP contribution in [-0.2, 0) is 6.54 Å². The van der Waals surface area contributed by atoms with Crippen LogP contribution in [0.1, 0.15) is 37.7 Å². The summed E-state index contributed by atoms with van der Waals surface area (Å²) in [5.74, 6) is 0.652. The van der Waals surface area contributed by atoms with Gasteiger partial charge in [0.15, 0.2) is 0 Å². The fraction of sp³-hybridized carbons (Fsp3) is 0.533. The molecule has 0 unspecified atom stereocenters. The number of benzene rings is 1. The maximum Gasteiger partial charge on any atom is 0.319 e. The lowest BCUT2D eigenvalue weighted by Crippen LogP contribution is -2.33. The minimum atomic E-state index is -0.119. The Morgan fingerprint density at radius 3 is 2.47 bits per heavy atom. The summed E-state index contributed by atoms with van der Waals surface area (Å²) in [5.41, 5.74) is 7.40. The molecule has 1 fully saturated rings. The van der Waals surface area contributed by atoms with Crippen molar-refractivity contribution < 1.29 is 4.79 Å². The van der Waals surface area contributed by atoms with Crippen molar-refractivity contribution in [2.75, 3.05) is 11.9 Å². The van der Waals surface area contributed by atoms with Crippen molar-refractivity contribution in [3.8, 4) is 0 Å². The molecule has 1 aromatic rings. The molecule has 0 spiro atoms. The second kappa shape index (κ2) is 7.14. The third kappa shape index (κ3) is 4.56. The molecule has 4 nitrogen and oxygen atoms in total. The van der Waals surface area contributed by atoms with E-state index in [0.717, 1.165) is 17.8 Å². The molecule has 19 heavy (non-hydrogen) atoms. The van der Waals surface area contributed by atoms with Gasteiger partial charge in [0.05, 0.1) is 0 Å². The molecule has 1 aliphatic rings. The number of hydrogen-bond donors (Lipinski definition) is 3. The van der Waals surface area contributed by atoms with Gasteiger partial charge in [-0.25, -0.2) is 4.79 Å². The summed E-state index contributed by atoms with van der Waals surface area (Å²) in [4.78, 5) is 11.8. The molecule has 0 saturated heterocycles. The van der Waals surface area contributed by atoms with Crippen LogP contribution in [0.15, 0.2) is 24.3 Å². The zero-order valence-electron chi connectivity index (χ0n) is 11.3. The zero-order valence-corrected chi connectivity index (χ0v) is 11.3. The summed E-state index contributed by atoms with van der Waals surface area (Å²) >= 11 is 0. The standard InChI is InChI=1S/C15H23N3O/c16-10-12-6-8-14(9-7-12)18-15(19)17-11-13-4-2-1-3-5-13/h6-9,13H,1-5,10-11,16H2,(H2,17,18,19). The van der Waals surface area contributed by atoms with E-state index in [0.29, 0.717) is 12.5 Å². The molecular formula is C15H23N3O. The molecule has 104 valence electrons. The van der Waals surface area contributed by atoms with E-state index < -0.39 is 0 Å². The highest BCUT2D eigenvalue weighted by Crippen LogP contribution is 2.22. The molecule has 0 aliphatic heterocycles. The number of rotatable bonds is 4. The number of urea groups is 1. The Balaban J connectivity index is 1.73. The van der Waals surface area contributed by atoms with Crippen molar-refractivity contribution in [2.45, 2.75) is 38.6 Å². The molecule has 2 rings (SSSR count). The van der Waals surface area contributed by atoms with E-state index in [2.05, 4.69) is 10.6 Å². The third-order valence-electron chi connectivity index (χ3n) is 3.72. The SMILES string of the molecule is NCc1ccc(NC(=O)NCC2CCCCC2)cc1. The number of nitrogens with one attached hydrogen (secondary N) is 2. The number of nitrogens with two attached hydrogens (primary N) is 1. The summed E-state index contributed by atoms with van der Waals surface area (Å²) in [6.45, 7) is 1.31. The number of amides is 2. The lowest BCUT2D eigenvalue weighted by molar-refractivity contribution is 0.247. The fourth-order valence-corrected chi connectivity index (χ4v) is 2.53. The number of carbonyl (C=O) groups excluding carboxylic acids is 1. The highest BCUT2D eigenvalue weighted by Gasteiger charge is 2.14. The monoisotopic (exact) mass is 261 g/mol. The third-order valence-corrected chi connectivity index (χ3v) is 3.72. The first-order valence-electron chi connectivity index (χ1n) is 7.12. The van der Waals surface area contributed by atoms with Crippen LogP contribution in [0.2, 0.25) is 0 Å². The average molecular weight is 261 g/mol. The van der Waals surface area contributed by atoms with Gasteiger partial charge in [0.1, 0.15) is 0 Å². The van der Waals surface area contributed by atoms with Crippen molar-refractivity contribution in [1.82, 2.24) is 5.32 Å². The molecule has 0 atom stereocenters. The Labute approximate surface area is 114 Å². The molecule has 0 aromatic heterocycles. The van der Waals surface area contributed by atoms with Gasteiger partial charge in [-0.2, -0.15) is 0 Å². The van der Waals surface area contributed by atoms with E-state index in [-0.39, 0.29) is 6.03 Å². The molecule has 0 bridgehead atoms. The minimum absolute atomic E-state index is 0.119. The first-order valence-corrected chi connectivity index (χ1v) is 7.12. The first-order chi connectivity index (χ1) is 9.28. The van der Waals surface area contributed by atoms with E-state index in [1.807, 2.05) is 24.3 Å². The van der Waals surface area contributed by atoms with Gasteiger partial charge in [-0.05, 0) is 36.5 Å². The molecule has 1 saturated carbocycles. The van der Waals surface area contributed by atoms with Crippen LogP contribution in [0.4, 0.5) is 10.5 Å². The summed E-state index contributed by atoms with van der Waals surface area (Å²) in [6.07, 6.45) is 6.43. The van der Waals surface area contributed by atoms with Crippen molar-refractivity contribution in [3.63, 3.8) is 0 Å². The molecular weight excluding hydrogens is 238 g/mol. The van der Waals surface area contributed by atoms with Crippen molar-refractivity contribution in [1.29, 1.82) is 0 Å². The maximum atomic E-state index is 11.8. The number of carbonyl (C=O) groups is 1. The van der Waals surface area contributed by atoms with Gasteiger partial charge in [0.2, 0.25) is 0 Å². The topological polar surface area (TPSA) is 67.1 Å². The normalized spacial score (nSPS) is 16.1. The quantitative estimate of drug-likeness (QED) is 0.780. The predicted octanol–water partition coefficient (Wildman–Crippen LogP) is 2.85. The molecule has 0 radical (unpaired) electrons. The molecule has 4 N–H and O–H groups in total. The van der Waals surface area contributed by atoms with Crippen LogP contribution < -0.4 is 16.4 Å². The molecule has 4 heteroatoms. The van der Waals surface area contributed by atoms with Gasteiger partial charge in [-0.15, -0.1) is 0 Å². The summed E-state index contributed by atoms with van der Waals surface area (Å²) in [6, 6.07) is 7.49. The Bertz CT molecular complexity index is 396. The number of hydrogen-bond acceptors (Lipinski definition) is 2. The van der Waals surface area contributed by atoms with Crippen LogP contribution in [0, 0.1) is 5.92 Å². The van der Waals surface area contributed by atoms with Gasteiger partial charge in [-0.3, -0.25) is 0 Å². The van der Waals surface area contributed by atoms with Crippen LogP contribution in [0.3, 0.4) is 0 Å². The van der Waals surface area contributed by atoms with E-state index in [4.69, 9.17) is 5.73 Å². The lowest BCUT2D eigenvalue weighted by atomic mass is 9.89. The van der Waals surface area contributed by atoms with Gasteiger partial charge < -0.3 is 16.4 Å². The fourth-order valence-electron chi connectivity index (χ4n) is 2.53. The molecule has 1 aromatic carbocycles. The van der Waals surface area contributed by atoms with E-state index in [1.165, 1.54) is 32.1 Å². The smallest absolute Gasteiger partial charge is 0.319 e. The van der Waals surface area contributed by atoms with Crippen molar-refractivity contribution in [3.05, 3.63) is 29.8 Å².